The minimum atomic E-state index is -0.510. The molecule has 1 fully saturated rings. The first-order chi connectivity index (χ1) is 11.6. The lowest BCUT2D eigenvalue weighted by Crippen LogP contribution is -2.05. The van der Waals surface area contributed by atoms with Crippen LogP contribution in [0.2, 0.25) is 0 Å². The number of imidazole rings is 2. The zero-order chi connectivity index (χ0) is 16.4. The van der Waals surface area contributed by atoms with Crippen LogP contribution in [-0.2, 0) is 0 Å². The van der Waals surface area contributed by atoms with Gasteiger partial charge in [-0.05, 0) is 31.0 Å². The van der Waals surface area contributed by atoms with E-state index in [2.05, 4.69) is 9.97 Å². The summed E-state index contributed by atoms with van der Waals surface area (Å²) in [5.74, 6) is -0.271. The highest BCUT2D eigenvalue weighted by Gasteiger charge is 2.30. The first kappa shape index (κ1) is 13.5. The minimum Gasteiger partial charge on any atom is -0.396 e. The highest BCUT2D eigenvalue weighted by molar-refractivity contribution is 5.83. The van der Waals surface area contributed by atoms with E-state index < -0.39 is 5.82 Å². The molecule has 24 heavy (non-hydrogen) atoms. The van der Waals surface area contributed by atoms with Crippen molar-refractivity contribution >= 4 is 27.8 Å². The highest BCUT2D eigenvalue weighted by atomic mass is 19.1. The third-order valence-electron chi connectivity index (χ3n) is 4.44. The molecule has 0 unspecified atom stereocenters. The van der Waals surface area contributed by atoms with Crippen LogP contribution in [0.15, 0.2) is 36.7 Å². The Morgan fingerprint density at radius 1 is 1.08 bits per heavy atom. The smallest absolute Gasteiger partial charge is 0.217 e. The molecule has 1 aliphatic carbocycles. The van der Waals surface area contributed by atoms with Gasteiger partial charge in [0.15, 0.2) is 0 Å². The van der Waals surface area contributed by atoms with Crippen molar-refractivity contribution in [3.05, 3.63) is 48.3 Å². The molecule has 2 N–H and O–H groups in total. The van der Waals surface area contributed by atoms with E-state index in [4.69, 9.17) is 5.73 Å². The normalized spacial score (nSPS) is 14.8. The molecule has 0 saturated heterocycles. The molecular formula is C17H13F2N5. The zero-order valence-electron chi connectivity index (χ0n) is 12.6. The quantitative estimate of drug-likeness (QED) is 0.573. The number of rotatable bonds is 2. The highest BCUT2D eigenvalue weighted by Crippen LogP contribution is 2.40. The second-order valence-corrected chi connectivity index (χ2v) is 6.10. The summed E-state index contributed by atoms with van der Waals surface area (Å²) in [5, 5.41) is 0. The monoisotopic (exact) mass is 325 g/mol. The van der Waals surface area contributed by atoms with Crippen LogP contribution in [0.5, 0.6) is 0 Å². The summed E-state index contributed by atoms with van der Waals surface area (Å²) in [6.45, 7) is 0. The van der Waals surface area contributed by atoms with Gasteiger partial charge in [-0.15, -0.1) is 0 Å². The summed E-state index contributed by atoms with van der Waals surface area (Å²) in [7, 11) is 0. The van der Waals surface area contributed by atoms with Gasteiger partial charge in [-0.25, -0.2) is 18.7 Å². The summed E-state index contributed by atoms with van der Waals surface area (Å²) < 4.78 is 31.8. The van der Waals surface area contributed by atoms with Crippen LogP contribution < -0.4 is 5.73 Å². The Kier molecular flexibility index (Phi) is 2.54. The summed E-state index contributed by atoms with van der Waals surface area (Å²) in [6.07, 6.45) is 3.52. The van der Waals surface area contributed by atoms with E-state index >= 15 is 0 Å². The molecule has 0 atom stereocenters. The van der Waals surface area contributed by atoms with Gasteiger partial charge in [-0.2, -0.15) is 0 Å². The van der Waals surface area contributed by atoms with Gasteiger partial charge in [0.2, 0.25) is 5.95 Å². The molecule has 2 heterocycles. The van der Waals surface area contributed by atoms with E-state index in [0.29, 0.717) is 28.0 Å². The fourth-order valence-corrected chi connectivity index (χ4v) is 3.15. The summed E-state index contributed by atoms with van der Waals surface area (Å²) >= 11 is 0. The number of nitrogen functional groups attached to an aromatic ring is 1. The van der Waals surface area contributed by atoms with E-state index in [0.717, 1.165) is 12.8 Å². The standard InChI is InChI=1S/C17H13F2N5/c18-10-2-1-3-13-16(10)24(9-4-5-9)17(22-13)23-8-21-14-7-12(20)11(19)6-15(14)23/h1-3,6-9H,4-5,20H2. The van der Waals surface area contributed by atoms with Crippen molar-refractivity contribution in [3.63, 3.8) is 0 Å². The molecule has 0 amide bonds. The van der Waals surface area contributed by atoms with Crippen molar-refractivity contribution in [2.45, 2.75) is 18.9 Å². The van der Waals surface area contributed by atoms with E-state index in [1.54, 1.807) is 23.0 Å². The molecule has 0 aliphatic heterocycles. The van der Waals surface area contributed by atoms with Gasteiger partial charge in [-0.3, -0.25) is 4.57 Å². The third kappa shape index (κ3) is 1.78. The molecule has 5 rings (SSSR count). The summed E-state index contributed by atoms with van der Waals surface area (Å²) in [4.78, 5) is 8.85. The fourth-order valence-electron chi connectivity index (χ4n) is 3.15. The Balaban J connectivity index is 1.85. The largest absolute Gasteiger partial charge is 0.396 e. The van der Waals surface area contributed by atoms with Gasteiger partial charge in [0.1, 0.15) is 23.5 Å². The maximum Gasteiger partial charge on any atom is 0.217 e. The third-order valence-corrected chi connectivity index (χ3v) is 4.44. The number of halogens is 2. The van der Waals surface area contributed by atoms with Gasteiger partial charge in [0.25, 0.3) is 0 Å². The number of hydrogen-bond donors (Lipinski definition) is 1. The van der Waals surface area contributed by atoms with Crippen LogP contribution in [0.1, 0.15) is 18.9 Å². The number of anilines is 1. The summed E-state index contributed by atoms with van der Waals surface area (Å²) in [5.41, 5.74) is 7.84. The number of para-hydroxylation sites is 1. The lowest BCUT2D eigenvalue weighted by atomic mass is 10.2. The second-order valence-electron chi connectivity index (χ2n) is 6.10. The van der Waals surface area contributed by atoms with Crippen LogP contribution in [-0.4, -0.2) is 19.1 Å². The molecule has 0 radical (unpaired) electrons. The zero-order valence-corrected chi connectivity index (χ0v) is 12.6. The van der Waals surface area contributed by atoms with Crippen molar-refractivity contribution in [2.24, 2.45) is 0 Å². The fraction of sp³-hybridized carbons (Fsp3) is 0.176. The predicted octanol–water partition coefficient (Wildman–Crippen LogP) is 3.57. The Bertz CT molecular complexity index is 1110. The van der Waals surface area contributed by atoms with E-state index in [-0.39, 0.29) is 17.5 Å². The maximum absolute atomic E-state index is 14.4. The number of benzene rings is 2. The lowest BCUT2D eigenvalue weighted by molar-refractivity contribution is 0.621. The molecule has 7 heteroatoms. The second kappa shape index (κ2) is 4.53. The Morgan fingerprint density at radius 2 is 1.92 bits per heavy atom. The Hall–Kier alpha value is -2.96. The first-order valence-corrected chi connectivity index (χ1v) is 7.72. The Labute approximate surface area is 135 Å². The van der Waals surface area contributed by atoms with Gasteiger partial charge >= 0.3 is 0 Å². The van der Waals surface area contributed by atoms with Gasteiger partial charge in [0, 0.05) is 12.1 Å². The topological polar surface area (TPSA) is 61.7 Å². The average molecular weight is 325 g/mol. The van der Waals surface area contributed by atoms with Crippen LogP contribution >= 0.6 is 0 Å². The maximum atomic E-state index is 14.4. The Morgan fingerprint density at radius 3 is 2.71 bits per heavy atom. The van der Waals surface area contributed by atoms with Crippen LogP contribution in [0.3, 0.4) is 0 Å². The van der Waals surface area contributed by atoms with E-state index in [9.17, 15) is 8.78 Å². The molecule has 2 aromatic heterocycles. The molecule has 2 aromatic carbocycles. The van der Waals surface area contributed by atoms with Crippen LogP contribution in [0.4, 0.5) is 14.5 Å². The number of hydrogen-bond acceptors (Lipinski definition) is 3. The lowest BCUT2D eigenvalue weighted by Gasteiger charge is -2.09. The van der Waals surface area contributed by atoms with Crippen molar-refractivity contribution in [3.8, 4) is 5.95 Å². The van der Waals surface area contributed by atoms with Crippen molar-refractivity contribution in [1.82, 2.24) is 19.1 Å². The van der Waals surface area contributed by atoms with E-state index in [1.807, 2.05) is 4.57 Å². The number of nitrogens with zero attached hydrogens (tertiary/aromatic N) is 4. The molecule has 4 aromatic rings. The molecular weight excluding hydrogens is 312 g/mol. The minimum absolute atomic E-state index is 0.0505. The van der Waals surface area contributed by atoms with E-state index in [1.165, 1.54) is 18.2 Å². The molecule has 1 aliphatic rings. The molecule has 0 bridgehead atoms. The van der Waals surface area contributed by atoms with Crippen molar-refractivity contribution in [2.75, 3.05) is 5.73 Å². The number of aromatic nitrogens is 4. The van der Waals surface area contributed by atoms with Crippen molar-refractivity contribution in [1.29, 1.82) is 0 Å². The van der Waals surface area contributed by atoms with Gasteiger partial charge < -0.3 is 10.3 Å². The average Bonchev–Trinajstić information content (AvgIpc) is 3.20. The molecule has 5 nitrogen and oxygen atoms in total. The van der Waals surface area contributed by atoms with Crippen LogP contribution in [0, 0.1) is 11.6 Å². The number of fused-ring (bicyclic) bond motifs is 2. The number of nitrogens with two attached hydrogens (primary N) is 1. The van der Waals surface area contributed by atoms with Gasteiger partial charge in [0.05, 0.1) is 22.2 Å². The van der Waals surface area contributed by atoms with Crippen molar-refractivity contribution < 1.29 is 8.78 Å². The molecule has 120 valence electrons. The summed E-state index contributed by atoms with van der Waals surface area (Å²) in [6, 6.07) is 7.88. The SMILES string of the molecule is Nc1cc2ncn(-c3nc4cccc(F)c4n3C3CC3)c2cc1F. The molecule has 1 saturated carbocycles. The predicted molar refractivity (Wildman–Crippen MR) is 87.0 cm³/mol. The van der Waals surface area contributed by atoms with Crippen LogP contribution in [0.25, 0.3) is 28.0 Å². The first-order valence-electron chi connectivity index (χ1n) is 7.72. The van der Waals surface area contributed by atoms with Gasteiger partial charge in [-0.1, -0.05) is 6.07 Å². The molecule has 0 spiro atoms.